The molecule has 1 atom stereocenters. The van der Waals surface area contributed by atoms with E-state index in [1.807, 2.05) is 24.3 Å². The summed E-state index contributed by atoms with van der Waals surface area (Å²) in [5.74, 6) is 2.71. The van der Waals surface area contributed by atoms with Crippen molar-refractivity contribution < 1.29 is 8.83 Å². The maximum Gasteiger partial charge on any atom is 0.165 e. The molecule has 1 unspecified atom stereocenters. The second-order valence-corrected chi connectivity index (χ2v) is 16.4. The first-order valence-electron chi connectivity index (χ1n) is 19.9. The molecule has 0 saturated heterocycles. The largest absolute Gasteiger partial charge is 0.460 e. The van der Waals surface area contributed by atoms with E-state index in [4.69, 9.17) is 23.8 Å². The molecule has 0 spiro atoms. The van der Waals surface area contributed by atoms with Crippen LogP contribution in [0.3, 0.4) is 0 Å². The molecule has 4 heterocycles. The third-order valence-electron chi connectivity index (χ3n) is 12.1. The van der Waals surface area contributed by atoms with Gasteiger partial charge >= 0.3 is 0 Å². The fraction of sp³-hybridized carbons (Fsp3) is 0.0377. The van der Waals surface area contributed by atoms with Gasteiger partial charge in [-0.2, -0.15) is 0 Å². The zero-order valence-electron chi connectivity index (χ0n) is 31.5. The van der Waals surface area contributed by atoms with Crippen molar-refractivity contribution >= 4 is 91.5 Å². The number of nitrogens with zero attached hydrogens (tertiary/aromatic N) is 3. The minimum absolute atomic E-state index is 0.0708. The van der Waals surface area contributed by atoms with Gasteiger partial charge in [0.2, 0.25) is 0 Å². The topological polar surface area (TPSA) is 65.0 Å². The molecule has 0 amide bonds. The van der Waals surface area contributed by atoms with Gasteiger partial charge in [-0.25, -0.2) is 15.0 Å². The Morgan fingerprint density at radius 3 is 1.97 bits per heavy atom. The summed E-state index contributed by atoms with van der Waals surface area (Å²) in [5, 5.41) is 10.3. The maximum atomic E-state index is 6.75. The quantitative estimate of drug-likeness (QED) is 0.167. The molecule has 0 saturated carbocycles. The van der Waals surface area contributed by atoms with Gasteiger partial charge in [-0.1, -0.05) is 140 Å². The zero-order chi connectivity index (χ0) is 38.6. The molecule has 12 aromatic rings. The smallest absolute Gasteiger partial charge is 0.165 e. The summed E-state index contributed by atoms with van der Waals surface area (Å²) in [7, 11) is 0. The molecule has 0 N–H and O–H groups in total. The third kappa shape index (κ3) is 4.93. The minimum atomic E-state index is -0.0708. The number of hydrogen-bond donors (Lipinski definition) is 0. The number of fused-ring (bicyclic) bond motifs is 12. The molecule has 8 aromatic carbocycles. The number of thiophene rings is 1. The zero-order valence-corrected chi connectivity index (χ0v) is 32.3. The lowest BCUT2D eigenvalue weighted by atomic mass is 9.83. The summed E-state index contributed by atoms with van der Waals surface area (Å²) in [6.45, 7) is 0. The van der Waals surface area contributed by atoms with Crippen molar-refractivity contribution in [1.82, 2.24) is 15.0 Å². The maximum absolute atomic E-state index is 6.75. The van der Waals surface area contributed by atoms with E-state index in [1.54, 1.807) is 11.3 Å². The van der Waals surface area contributed by atoms with E-state index < -0.39 is 0 Å². The lowest BCUT2D eigenvalue weighted by Gasteiger charge is -2.22. The van der Waals surface area contributed by atoms with E-state index >= 15 is 0 Å². The Bertz CT molecular complexity index is 3740. The number of allylic oxidation sites excluding steroid dienone is 1. The van der Waals surface area contributed by atoms with Gasteiger partial charge in [0.25, 0.3) is 0 Å². The third-order valence-corrected chi connectivity index (χ3v) is 13.3. The summed E-state index contributed by atoms with van der Waals surface area (Å²) >= 11 is 1.78. The Labute approximate surface area is 341 Å². The number of rotatable bonds is 4. The SMILES string of the molecule is C1=C(c2nc(-c3cc4ccccc4c4ccccc34)nc(-c3cccc4c3sc3ccccc34)n2)c2c(oc3ccccc23)CC1c1cccc2c1oc1ccccc12. The van der Waals surface area contributed by atoms with Gasteiger partial charge < -0.3 is 8.83 Å². The van der Waals surface area contributed by atoms with E-state index in [2.05, 4.69) is 146 Å². The highest BCUT2D eigenvalue weighted by Crippen LogP contribution is 2.46. The first-order chi connectivity index (χ1) is 29.2. The summed E-state index contributed by atoms with van der Waals surface area (Å²) in [4.78, 5) is 16.4. The van der Waals surface area contributed by atoms with Crippen LogP contribution >= 0.6 is 11.3 Å². The molecule has 0 fully saturated rings. The molecular weight excluding hydrogens is 743 g/mol. The Morgan fingerprint density at radius 2 is 1.10 bits per heavy atom. The fourth-order valence-corrected chi connectivity index (χ4v) is 10.6. The highest BCUT2D eigenvalue weighted by molar-refractivity contribution is 7.26. The van der Waals surface area contributed by atoms with Gasteiger partial charge in [-0.15, -0.1) is 11.3 Å². The summed E-state index contributed by atoms with van der Waals surface area (Å²) in [6, 6.07) is 57.5. The Kier molecular flexibility index (Phi) is 6.94. The van der Waals surface area contributed by atoms with Crippen molar-refractivity contribution in [1.29, 1.82) is 0 Å². The van der Waals surface area contributed by atoms with Crippen LogP contribution in [0.1, 0.15) is 28.6 Å². The molecule has 0 aliphatic heterocycles. The van der Waals surface area contributed by atoms with Crippen molar-refractivity contribution in [3.8, 4) is 22.8 Å². The average molecular weight is 774 g/mol. The number of aromatic nitrogens is 3. The highest BCUT2D eigenvalue weighted by Gasteiger charge is 2.31. The van der Waals surface area contributed by atoms with Crippen molar-refractivity contribution in [2.24, 2.45) is 0 Å². The van der Waals surface area contributed by atoms with Gasteiger partial charge in [0.05, 0.1) is 0 Å². The summed E-state index contributed by atoms with van der Waals surface area (Å²) in [5.41, 5.74) is 7.62. The first kappa shape index (κ1) is 32.7. The van der Waals surface area contributed by atoms with Crippen molar-refractivity contribution in [3.05, 3.63) is 193 Å². The van der Waals surface area contributed by atoms with Crippen LogP contribution in [0, 0.1) is 0 Å². The second-order valence-electron chi connectivity index (χ2n) is 15.4. The Morgan fingerprint density at radius 1 is 0.475 bits per heavy atom. The van der Waals surface area contributed by atoms with Gasteiger partial charge in [-0.3, -0.25) is 0 Å². The van der Waals surface area contributed by atoms with Gasteiger partial charge in [0, 0.05) is 76.5 Å². The predicted octanol–water partition coefficient (Wildman–Crippen LogP) is 14.3. The molecule has 0 bridgehead atoms. The standard InChI is InChI=1S/C53H31N3O2S/c1-2-14-32-30(13-1)27-42(35-16-4-3-15-34(32)35)52-54-51(41-23-12-22-39-37-18-7-10-26-47(37)59-50(39)41)55-53(56-52)43-28-31(29-46-48(43)40-19-6-9-25-45(40)57-46)33-20-11-21-38-36-17-5-8-24-44(36)58-49(33)38/h1-28,31H,29H2. The van der Waals surface area contributed by atoms with E-state index in [1.165, 1.54) is 20.9 Å². The van der Waals surface area contributed by atoms with Crippen LogP contribution in [-0.4, -0.2) is 15.0 Å². The number of benzene rings is 8. The minimum Gasteiger partial charge on any atom is -0.460 e. The van der Waals surface area contributed by atoms with Gasteiger partial charge in [0.1, 0.15) is 22.5 Å². The van der Waals surface area contributed by atoms with Crippen LogP contribution in [0.4, 0.5) is 0 Å². The molecule has 4 aromatic heterocycles. The van der Waals surface area contributed by atoms with E-state index in [9.17, 15) is 0 Å². The van der Waals surface area contributed by atoms with Crippen LogP contribution in [-0.2, 0) is 6.42 Å². The van der Waals surface area contributed by atoms with E-state index in [0.717, 1.165) is 87.4 Å². The molecular formula is C53H31N3O2S. The number of hydrogen-bond acceptors (Lipinski definition) is 6. The van der Waals surface area contributed by atoms with E-state index in [-0.39, 0.29) is 5.92 Å². The Balaban J connectivity index is 1.11. The lowest BCUT2D eigenvalue weighted by Crippen LogP contribution is -2.11. The Hall–Kier alpha value is -7.41. The van der Waals surface area contributed by atoms with Gasteiger partial charge in [-0.05, 0) is 51.9 Å². The normalized spacial score (nSPS) is 14.3. The van der Waals surface area contributed by atoms with Gasteiger partial charge in [0.15, 0.2) is 17.5 Å². The van der Waals surface area contributed by atoms with Crippen molar-refractivity contribution in [2.75, 3.05) is 0 Å². The molecule has 13 rings (SSSR count). The predicted molar refractivity (Wildman–Crippen MR) is 242 cm³/mol. The van der Waals surface area contributed by atoms with E-state index in [0.29, 0.717) is 23.9 Å². The van der Waals surface area contributed by atoms with Crippen molar-refractivity contribution in [3.63, 3.8) is 0 Å². The molecule has 1 aliphatic carbocycles. The highest BCUT2D eigenvalue weighted by atomic mass is 32.1. The summed E-state index contributed by atoms with van der Waals surface area (Å²) < 4.78 is 15.8. The molecule has 276 valence electrons. The van der Waals surface area contributed by atoms with Crippen LogP contribution in [0.25, 0.3) is 103 Å². The van der Waals surface area contributed by atoms with Crippen LogP contribution in [0.2, 0.25) is 0 Å². The molecule has 59 heavy (non-hydrogen) atoms. The fourth-order valence-electron chi connectivity index (χ4n) is 9.43. The van der Waals surface area contributed by atoms with Crippen LogP contribution in [0.5, 0.6) is 0 Å². The monoisotopic (exact) mass is 773 g/mol. The molecule has 0 radical (unpaired) electrons. The van der Waals surface area contributed by atoms with Crippen LogP contribution in [0.15, 0.2) is 179 Å². The molecule has 1 aliphatic rings. The van der Waals surface area contributed by atoms with Crippen LogP contribution < -0.4 is 0 Å². The second kappa shape index (κ2) is 12.5. The number of para-hydroxylation sites is 3. The lowest BCUT2D eigenvalue weighted by molar-refractivity contribution is 0.530. The molecule has 5 nitrogen and oxygen atoms in total. The average Bonchev–Trinajstić information content (AvgIpc) is 4.00. The summed E-state index contributed by atoms with van der Waals surface area (Å²) in [6.07, 6.45) is 3.01. The first-order valence-corrected chi connectivity index (χ1v) is 20.8. The number of furan rings is 2. The van der Waals surface area contributed by atoms with Crippen molar-refractivity contribution in [2.45, 2.75) is 12.3 Å². The molecule has 6 heteroatoms.